The van der Waals surface area contributed by atoms with Crippen molar-refractivity contribution in [2.45, 2.75) is 39.5 Å². The van der Waals surface area contributed by atoms with Gasteiger partial charge in [0.1, 0.15) is 5.69 Å². The van der Waals surface area contributed by atoms with Gasteiger partial charge in [0.05, 0.1) is 0 Å². The Morgan fingerprint density at radius 1 is 1.39 bits per heavy atom. The van der Waals surface area contributed by atoms with E-state index in [-0.39, 0.29) is 0 Å². The molecule has 1 saturated heterocycles. The van der Waals surface area contributed by atoms with Gasteiger partial charge in [0.15, 0.2) is 5.11 Å². The van der Waals surface area contributed by atoms with Crippen molar-refractivity contribution in [3.05, 3.63) is 41.2 Å². The largest absolute Gasteiger partial charge is 0.363 e. The van der Waals surface area contributed by atoms with Crippen LogP contribution in [0.3, 0.4) is 0 Å². The molecule has 0 radical (unpaired) electrons. The van der Waals surface area contributed by atoms with Crippen molar-refractivity contribution in [3.63, 3.8) is 0 Å². The highest BCUT2D eigenvalue weighted by Crippen LogP contribution is 2.15. The summed E-state index contributed by atoms with van der Waals surface area (Å²) >= 11 is 5.45. The van der Waals surface area contributed by atoms with Crippen LogP contribution in [-0.2, 0) is 0 Å². The van der Waals surface area contributed by atoms with Gasteiger partial charge in [-0.15, -0.1) is 0 Å². The minimum atomic E-state index is 0.834. The molecule has 0 aromatic carbocycles. The van der Waals surface area contributed by atoms with Crippen molar-refractivity contribution in [3.8, 4) is 11.8 Å². The molecule has 2 heterocycles. The van der Waals surface area contributed by atoms with Crippen LogP contribution in [-0.4, -0.2) is 34.6 Å². The second-order valence-corrected chi connectivity index (χ2v) is 6.20. The lowest BCUT2D eigenvalue weighted by atomic mass is 10.0. The first kappa shape index (κ1) is 17.5. The van der Waals surface area contributed by atoms with Gasteiger partial charge in [0, 0.05) is 25.3 Å². The van der Waals surface area contributed by atoms with Gasteiger partial charge < -0.3 is 10.2 Å². The van der Waals surface area contributed by atoms with E-state index in [0.29, 0.717) is 0 Å². The van der Waals surface area contributed by atoms with Gasteiger partial charge in [0.25, 0.3) is 0 Å². The van der Waals surface area contributed by atoms with Crippen molar-refractivity contribution in [1.82, 2.24) is 15.2 Å². The number of nitrogens with zero attached hydrogens (tertiary/aromatic N) is 2. The Morgan fingerprint density at radius 2 is 2.17 bits per heavy atom. The second kappa shape index (κ2) is 9.32. The quantitative estimate of drug-likeness (QED) is 0.523. The molecule has 0 bridgehead atoms. The molecule has 1 aromatic heterocycles. The number of rotatable bonds is 3. The predicted octanol–water partition coefficient (Wildman–Crippen LogP) is 3.44. The molecule has 122 valence electrons. The molecule has 0 spiro atoms. The molecule has 2 rings (SSSR count). The molecule has 1 fully saturated rings. The van der Waals surface area contributed by atoms with Crippen LogP contribution in [0.25, 0.3) is 0 Å². The van der Waals surface area contributed by atoms with Crippen LogP contribution in [0, 0.1) is 18.8 Å². The number of aromatic nitrogens is 1. The first-order valence-corrected chi connectivity index (χ1v) is 8.75. The molecule has 1 N–H and O–H groups in total. The van der Waals surface area contributed by atoms with E-state index in [1.54, 1.807) is 0 Å². The molecule has 3 nitrogen and oxygen atoms in total. The van der Waals surface area contributed by atoms with E-state index in [1.807, 2.05) is 25.1 Å². The average molecular weight is 327 g/mol. The first-order chi connectivity index (χ1) is 11.2. The zero-order chi connectivity index (χ0) is 16.5. The summed E-state index contributed by atoms with van der Waals surface area (Å²) in [6.07, 6.45) is 6.48. The molecule has 0 saturated carbocycles. The Hall–Kier alpha value is -1.86. The van der Waals surface area contributed by atoms with Gasteiger partial charge in [-0.25, -0.2) is 4.98 Å². The summed E-state index contributed by atoms with van der Waals surface area (Å²) in [7, 11) is 0. The average Bonchev–Trinajstić information content (AvgIpc) is 2.56. The highest BCUT2D eigenvalue weighted by atomic mass is 32.1. The van der Waals surface area contributed by atoms with Crippen molar-refractivity contribution in [2.24, 2.45) is 0 Å². The van der Waals surface area contributed by atoms with E-state index in [2.05, 4.69) is 40.0 Å². The number of hydrogen-bond acceptors (Lipinski definition) is 2. The summed E-state index contributed by atoms with van der Waals surface area (Å²) in [5.74, 6) is 6.25. The highest BCUT2D eigenvalue weighted by molar-refractivity contribution is 7.80. The Bertz CT molecular complexity index is 615. The van der Waals surface area contributed by atoms with Crippen LogP contribution in [0.1, 0.15) is 44.0 Å². The summed E-state index contributed by atoms with van der Waals surface area (Å²) < 4.78 is 0. The number of piperidine rings is 1. The molecule has 23 heavy (non-hydrogen) atoms. The third kappa shape index (κ3) is 6.03. The second-order valence-electron chi connectivity index (χ2n) is 5.81. The van der Waals surface area contributed by atoms with Crippen molar-refractivity contribution >= 4 is 17.3 Å². The van der Waals surface area contributed by atoms with Gasteiger partial charge >= 0.3 is 0 Å². The van der Waals surface area contributed by atoms with Crippen molar-refractivity contribution in [2.75, 3.05) is 19.6 Å². The van der Waals surface area contributed by atoms with Gasteiger partial charge in [0.2, 0.25) is 0 Å². The van der Waals surface area contributed by atoms with Crippen LogP contribution < -0.4 is 5.32 Å². The number of aryl methyl sites for hydroxylation is 1. The highest BCUT2D eigenvalue weighted by Gasteiger charge is 2.15. The van der Waals surface area contributed by atoms with E-state index in [1.165, 1.54) is 18.4 Å². The fourth-order valence-electron chi connectivity index (χ4n) is 2.45. The number of hydrogen-bond donors (Lipinski definition) is 1. The third-order valence-electron chi connectivity index (χ3n) is 3.86. The summed E-state index contributed by atoms with van der Waals surface area (Å²) in [4.78, 5) is 6.65. The Balaban J connectivity index is 1.81. The molecule has 4 heteroatoms. The SMILES string of the molecule is CCCCNC(=S)N1CCC(=CC#Cc2cccc(C)n2)CC1. The molecule has 0 atom stereocenters. The van der Waals surface area contributed by atoms with E-state index in [4.69, 9.17) is 12.2 Å². The standard InChI is InChI=1S/C19H25N3S/c1-3-4-13-20-19(23)22-14-11-17(12-15-22)8-6-10-18-9-5-7-16(2)21-18/h5,7-9H,3-4,11-15H2,1-2H3,(H,20,23). The summed E-state index contributed by atoms with van der Waals surface area (Å²) in [5, 5.41) is 4.24. The van der Waals surface area contributed by atoms with Gasteiger partial charge in [-0.2, -0.15) is 0 Å². The maximum absolute atomic E-state index is 5.45. The Kier molecular flexibility index (Phi) is 7.09. The summed E-state index contributed by atoms with van der Waals surface area (Å²) in [5.41, 5.74) is 3.24. The normalized spacial score (nSPS) is 14.0. The van der Waals surface area contributed by atoms with Gasteiger partial charge in [-0.05, 0) is 62.5 Å². The van der Waals surface area contributed by atoms with E-state index < -0.39 is 0 Å². The van der Waals surface area contributed by atoms with Crippen LogP contribution >= 0.6 is 12.2 Å². The fourth-order valence-corrected chi connectivity index (χ4v) is 2.73. The lowest BCUT2D eigenvalue weighted by molar-refractivity contribution is 0.382. The number of pyridine rings is 1. The maximum Gasteiger partial charge on any atom is 0.168 e. The van der Waals surface area contributed by atoms with E-state index in [0.717, 1.165) is 49.0 Å². The minimum Gasteiger partial charge on any atom is -0.363 e. The zero-order valence-electron chi connectivity index (χ0n) is 14.1. The fraction of sp³-hybridized carbons (Fsp3) is 0.474. The third-order valence-corrected chi connectivity index (χ3v) is 4.27. The molecule has 1 aliphatic rings. The summed E-state index contributed by atoms with van der Waals surface area (Å²) in [6, 6.07) is 5.92. The Labute approximate surface area is 145 Å². The minimum absolute atomic E-state index is 0.834. The smallest absolute Gasteiger partial charge is 0.168 e. The molecule has 0 amide bonds. The molecule has 1 aromatic rings. The Morgan fingerprint density at radius 3 is 2.87 bits per heavy atom. The van der Waals surface area contributed by atoms with Crippen LogP contribution in [0.15, 0.2) is 29.8 Å². The van der Waals surface area contributed by atoms with Gasteiger partial charge in [-0.3, -0.25) is 0 Å². The molecule has 1 aliphatic heterocycles. The molecular formula is C19H25N3S. The van der Waals surface area contributed by atoms with Crippen molar-refractivity contribution < 1.29 is 0 Å². The number of unbranched alkanes of at least 4 members (excludes halogenated alkanes) is 1. The van der Waals surface area contributed by atoms with E-state index in [9.17, 15) is 0 Å². The molecule has 0 aliphatic carbocycles. The van der Waals surface area contributed by atoms with Crippen LogP contribution in [0.4, 0.5) is 0 Å². The predicted molar refractivity (Wildman–Crippen MR) is 100 cm³/mol. The number of allylic oxidation sites excluding steroid dienone is 1. The van der Waals surface area contributed by atoms with Crippen LogP contribution in [0.2, 0.25) is 0 Å². The van der Waals surface area contributed by atoms with E-state index >= 15 is 0 Å². The number of likely N-dealkylation sites (tertiary alicyclic amines) is 1. The zero-order valence-corrected chi connectivity index (χ0v) is 14.9. The molecule has 0 unspecified atom stereocenters. The topological polar surface area (TPSA) is 28.2 Å². The summed E-state index contributed by atoms with van der Waals surface area (Å²) in [6.45, 7) is 7.11. The maximum atomic E-state index is 5.45. The van der Waals surface area contributed by atoms with Gasteiger partial charge in [-0.1, -0.05) is 30.9 Å². The monoisotopic (exact) mass is 327 g/mol. The van der Waals surface area contributed by atoms with Crippen molar-refractivity contribution in [1.29, 1.82) is 0 Å². The van der Waals surface area contributed by atoms with Crippen LogP contribution in [0.5, 0.6) is 0 Å². The lowest BCUT2D eigenvalue weighted by Gasteiger charge is -2.30. The lowest BCUT2D eigenvalue weighted by Crippen LogP contribution is -2.43. The number of nitrogens with one attached hydrogen (secondary N) is 1. The number of thiocarbonyl (C=S) groups is 1. The molecular weight excluding hydrogens is 302 g/mol. The first-order valence-electron chi connectivity index (χ1n) is 8.35.